The summed E-state index contributed by atoms with van der Waals surface area (Å²) in [5.74, 6) is 0. The Morgan fingerprint density at radius 2 is 2.12 bits per heavy atom. The van der Waals surface area contributed by atoms with Crippen molar-refractivity contribution in [3.05, 3.63) is 24.0 Å². The molecule has 1 aromatic rings. The van der Waals surface area contributed by atoms with Crippen molar-refractivity contribution < 1.29 is 29.6 Å². The molecule has 0 unspecified atom stereocenters. The molecule has 38 valence electrons. The second-order valence-corrected chi connectivity index (χ2v) is 1.76. The molecule has 0 aromatic carbocycles. The molecule has 1 heterocycles. The minimum absolute atomic E-state index is 0. The zero-order valence-corrected chi connectivity index (χ0v) is 7.68. The van der Waals surface area contributed by atoms with E-state index in [0.29, 0.717) is 0 Å². The van der Waals surface area contributed by atoms with Crippen LogP contribution in [-0.2, 0) is 7.05 Å². The summed E-state index contributed by atoms with van der Waals surface area (Å²) >= 11 is 0. The topological polar surface area (TPSA) is 4.93 Å². The predicted molar refractivity (Wildman–Crippen MR) is 30.1 cm³/mol. The molecule has 0 saturated carbocycles. The fraction of sp³-hybridized carbons (Fsp3) is 0.333. The Morgan fingerprint density at radius 3 is 2.25 bits per heavy atom. The molecule has 0 saturated heterocycles. The van der Waals surface area contributed by atoms with E-state index < -0.39 is 0 Å². The first-order valence-corrected chi connectivity index (χ1v) is 2.38. The molecular weight excluding hydrogens is 109 g/mol. The van der Waals surface area contributed by atoms with Crippen LogP contribution in [0.5, 0.6) is 0 Å². The molecule has 1 nitrogen and oxygen atoms in total. The maximum Gasteiger partial charge on any atom is 1.00 e. The smallest absolute Gasteiger partial charge is 0.355 e. The van der Waals surface area contributed by atoms with Gasteiger partial charge in [-0.25, -0.2) is 0 Å². The third-order valence-electron chi connectivity index (χ3n) is 1.20. The van der Waals surface area contributed by atoms with E-state index in [2.05, 4.69) is 17.6 Å². The van der Waals surface area contributed by atoms with Crippen molar-refractivity contribution in [3.63, 3.8) is 0 Å². The Kier molecular flexibility index (Phi) is 3.45. The van der Waals surface area contributed by atoms with Crippen molar-refractivity contribution in [2.45, 2.75) is 6.92 Å². The normalized spacial score (nSPS) is 8.25. The van der Waals surface area contributed by atoms with E-state index in [4.69, 9.17) is 0 Å². The maximum absolute atomic E-state index is 2.08. The Bertz CT molecular complexity index is 141. The van der Waals surface area contributed by atoms with Crippen molar-refractivity contribution in [1.29, 1.82) is 0 Å². The SMILES string of the molecule is Cc1cccn1C.[Na+]. The Hall–Kier alpha value is 0.280. The first-order chi connectivity index (χ1) is 3.30. The van der Waals surface area contributed by atoms with E-state index in [1.165, 1.54) is 5.69 Å². The van der Waals surface area contributed by atoms with E-state index >= 15 is 0 Å². The van der Waals surface area contributed by atoms with Gasteiger partial charge in [0.25, 0.3) is 0 Å². The van der Waals surface area contributed by atoms with Crippen LogP contribution in [0.25, 0.3) is 0 Å². The molecule has 0 bridgehead atoms. The van der Waals surface area contributed by atoms with Gasteiger partial charge in [0.05, 0.1) is 0 Å². The van der Waals surface area contributed by atoms with Gasteiger partial charge < -0.3 is 4.57 Å². The van der Waals surface area contributed by atoms with Crippen LogP contribution in [0.4, 0.5) is 0 Å². The van der Waals surface area contributed by atoms with Crippen LogP contribution in [0.1, 0.15) is 5.69 Å². The minimum Gasteiger partial charge on any atom is -0.355 e. The summed E-state index contributed by atoms with van der Waals surface area (Å²) in [6.45, 7) is 2.08. The first-order valence-electron chi connectivity index (χ1n) is 2.38. The molecule has 8 heavy (non-hydrogen) atoms. The summed E-state index contributed by atoms with van der Waals surface area (Å²) in [5, 5.41) is 0. The van der Waals surface area contributed by atoms with Gasteiger partial charge in [-0.2, -0.15) is 0 Å². The zero-order chi connectivity index (χ0) is 5.28. The summed E-state index contributed by atoms with van der Waals surface area (Å²) < 4.78 is 2.08. The fourth-order valence-corrected chi connectivity index (χ4v) is 0.547. The molecule has 0 aliphatic rings. The van der Waals surface area contributed by atoms with Gasteiger partial charge >= 0.3 is 29.6 Å². The van der Waals surface area contributed by atoms with Gasteiger partial charge in [0.15, 0.2) is 0 Å². The summed E-state index contributed by atoms with van der Waals surface area (Å²) in [6.07, 6.45) is 2.04. The summed E-state index contributed by atoms with van der Waals surface area (Å²) in [7, 11) is 2.04. The van der Waals surface area contributed by atoms with E-state index in [-0.39, 0.29) is 29.6 Å². The average molecular weight is 118 g/mol. The molecule has 0 fully saturated rings. The number of hydrogen-bond donors (Lipinski definition) is 0. The van der Waals surface area contributed by atoms with E-state index in [1.54, 1.807) is 0 Å². The largest absolute Gasteiger partial charge is 1.00 e. The van der Waals surface area contributed by atoms with Crippen LogP contribution in [0, 0.1) is 6.92 Å². The third-order valence-corrected chi connectivity index (χ3v) is 1.20. The van der Waals surface area contributed by atoms with Crippen molar-refractivity contribution in [2.75, 3.05) is 0 Å². The maximum atomic E-state index is 2.08. The van der Waals surface area contributed by atoms with Gasteiger partial charge in [-0.15, -0.1) is 0 Å². The molecule has 0 N–H and O–H groups in total. The Morgan fingerprint density at radius 1 is 1.50 bits per heavy atom. The molecule has 0 aliphatic carbocycles. The monoisotopic (exact) mass is 118 g/mol. The van der Waals surface area contributed by atoms with Crippen LogP contribution in [-0.4, -0.2) is 4.57 Å². The van der Waals surface area contributed by atoms with Gasteiger partial charge in [-0.05, 0) is 19.1 Å². The number of aryl methyl sites for hydroxylation is 2. The molecule has 2 heteroatoms. The van der Waals surface area contributed by atoms with Gasteiger partial charge in [0, 0.05) is 18.9 Å². The first kappa shape index (κ1) is 8.28. The van der Waals surface area contributed by atoms with Crippen LogP contribution < -0.4 is 29.6 Å². The number of rotatable bonds is 0. The molecule has 0 atom stereocenters. The predicted octanol–water partition coefficient (Wildman–Crippen LogP) is -1.66. The van der Waals surface area contributed by atoms with Gasteiger partial charge in [-0.1, -0.05) is 0 Å². The summed E-state index contributed by atoms with van der Waals surface area (Å²) in [6, 6.07) is 4.12. The quantitative estimate of drug-likeness (QED) is 0.359. The van der Waals surface area contributed by atoms with Gasteiger partial charge in [-0.3, -0.25) is 0 Å². The van der Waals surface area contributed by atoms with E-state index in [0.717, 1.165) is 0 Å². The van der Waals surface area contributed by atoms with Crippen LogP contribution >= 0.6 is 0 Å². The van der Waals surface area contributed by atoms with Crippen molar-refractivity contribution in [1.82, 2.24) is 4.57 Å². The molecule has 0 amide bonds. The number of hydrogen-bond acceptors (Lipinski definition) is 0. The van der Waals surface area contributed by atoms with Crippen LogP contribution in [0.15, 0.2) is 18.3 Å². The minimum atomic E-state index is 0. The van der Waals surface area contributed by atoms with Crippen molar-refractivity contribution in [2.24, 2.45) is 7.05 Å². The third kappa shape index (κ3) is 1.66. The molecule has 0 aliphatic heterocycles. The van der Waals surface area contributed by atoms with Crippen LogP contribution in [0.2, 0.25) is 0 Å². The molecule has 1 rings (SSSR count). The van der Waals surface area contributed by atoms with Gasteiger partial charge in [0.2, 0.25) is 0 Å². The summed E-state index contributed by atoms with van der Waals surface area (Å²) in [4.78, 5) is 0. The number of nitrogens with zero attached hydrogens (tertiary/aromatic N) is 1. The second kappa shape index (κ2) is 3.33. The molecule has 0 spiro atoms. The molecular formula is C6H9NNa+. The standard InChI is InChI=1S/C6H9N.Na/c1-6-4-3-5-7(6)2;/h3-5H,1-2H3;/q;+1. The second-order valence-electron chi connectivity index (χ2n) is 1.76. The fourth-order valence-electron chi connectivity index (χ4n) is 0.547. The summed E-state index contributed by atoms with van der Waals surface area (Å²) in [5.41, 5.74) is 1.31. The molecule has 1 aromatic heterocycles. The number of aromatic nitrogens is 1. The molecule has 0 radical (unpaired) electrons. The van der Waals surface area contributed by atoms with Crippen molar-refractivity contribution >= 4 is 0 Å². The van der Waals surface area contributed by atoms with E-state index in [1.807, 2.05) is 19.3 Å². The Labute approximate surface area is 72.0 Å². The van der Waals surface area contributed by atoms with Crippen molar-refractivity contribution in [3.8, 4) is 0 Å². The zero-order valence-electron chi connectivity index (χ0n) is 5.68. The Balaban J connectivity index is 0.000000490. The van der Waals surface area contributed by atoms with E-state index in [9.17, 15) is 0 Å². The van der Waals surface area contributed by atoms with Crippen LogP contribution in [0.3, 0.4) is 0 Å². The average Bonchev–Trinajstić information content (AvgIpc) is 1.91. The van der Waals surface area contributed by atoms with Gasteiger partial charge in [0.1, 0.15) is 0 Å².